The highest BCUT2D eigenvalue weighted by atomic mass is 32.2. The predicted octanol–water partition coefficient (Wildman–Crippen LogP) is 3.23. The molecule has 0 saturated carbocycles. The van der Waals surface area contributed by atoms with E-state index in [2.05, 4.69) is 20.3 Å². The monoisotopic (exact) mass is 456 g/mol. The van der Waals surface area contributed by atoms with Gasteiger partial charge in [0.15, 0.2) is 0 Å². The minimum atomic E-state index is -3.81. The van der Waals surface area contributed by atoms with Gasteiger partial charge in [-0.1, -0.05) is 12.1 Å². The molecule has 0 aliphatic carbocycles. The summed E-state index contributed by atoms with van der Waals surface area (Å²) < 4.78 is 38.3. The topological polar surface area (TPSA) is 119 Å². The molecule has 32 heavy (non-hydrogen) atoms. The summed E-state index contributed by atoms with van der Waals surface area (Å²) in [5.41, 5.74) is 1.70. The van der Waals surface area contributed by atoms with Gasteiger partial charge in [-0.05, 0) is 48.0 Å². The van der Waals surface area contributed by atoms with Gasteiger partial charge in [-0.15, -0.1) is 0 Å². The van der Waals surface area contributed by atoms with E-state index < -0.39 is 16.1 Å². The molecule has 0 unspecified atom stereocenters. The molecule has 0 fully saturated rings. The lowest BCUT2D eigenvalue weighted by atomic mass is 10.3. The van der Waals surface area contributed by atoms with Crippen LogP contribution in [0.2, 0.25) is 0 Å². The van der Waals surface area contributed by atoms with Gasteiger partial charge >= 0.3 is 6.03 Å². The molecule has 168 valence electrons. The number of anilines is 2. The number of nitrogens with zero attached hydrogens (tertiary/aromatic N) is 1. The first kappa shape index (κ1) is 23.0. The quantitative estimate of drug-likeness (QED) is 0.403. The number of carbonyl (C=O) groups is 1. The Hall–Kier alpha value is -3.63. The molecule has 1 heterocycles. The van der Waals surface area contributed by atoms with E-state index in [9.17, 15) is 13.2 Å². The van der Waals surface area contributed by atoms with Gasteiger partial charge in [0.2, 0.25) is 0 Å². The van der Waals surface area contributed by atoms with Crippen molar-refractivity contribution in [2.75, 3.05) is 30.4 Å². The number of methoxy groups -OCH3 is 1. The molecule has 2 amide bonds. The fourth-order valence-electron chi connectivity index (χ4n) is 2.68. The van der Waals surface area contributed by atoms with Crippen molar-refractivity contribution in [3.05, 3.63) is 78.6 Å². The van der Waals surface area contributed by atoms with Crippen molar-refractivity contribution < 1.29 is 22.7 Å². The fraction of sp³-hybridized carbons (Fsp3) is 0.182. The summed E-state index contributed by atoms with van der Waals surface area (Å²) in [4.78, 5) is 16.1. The third kappa shape index (κ3) is 6.96. The van der Waals surface area contributed by atoms with E-state index in [1.54, 1.807) is 49.8 Å². The zero-order chi connectivity index (χ0) is 22.8. The van der Waals surface area contributed by atoms with E-state index in [0.29, 0.717) is 36.9 Å². The maximum absolute atomic E-state index is 12.7. The number of nitrogens with one attached hydrogen (secondary N) is 3. The van der Waals surface area contributed by atoms with Crippen molar-refractivity contribution >= 4 is 27.4 Å². The smallest absolute Gasteiger partial charge is 0.319 e. The van der Waals surface area contributed by atoms with Gasteiger partial charge in [-0.3, -0.25) is 9.71 Å². The zero-order valence-electron chi connectivity index (χ0n) is 17.4. The lowest BCUT2D eigenvalue weighted by molar-refractivity contribution is 0.146. The molecule has 3 N–H and O–H groups in total. The molecule has 3 aromatic rings. The Bertz CT molecular complexity index is 1120. The highest BCUT2D eigenvalue weighted by Gasteiger charge is 2.15. The molecule has 9 nitrogen and oxygen atoms in total. The highest BCUT2D eigenvalue weighted by Crippen LogP contribution is 2.22. The summed E-state index contributed by atoms with van der Waals surface area (Å²) in [5, 5.41) is 5.37. The van der Waals surface area contributed by atoms with Crippen molar-refractivity contribution in [3.8, 4) is 5.75 Å². The average molecular weight is 457 g/mol. The van der Waals surface area contributed by atoms with Gasteiger partial charge in [-0.25, -0.2) is 13.2 Å². The van der Waals surface area contributed by atoms with E-state index in [0.717, 1.165) is 5.56 Å². The molecule has 0 bridgehead atoms. The number of carbonyl (C=O) groups excluding carboxylic acids is 1. The lowest BCUT2D eigenvalue weighted by Gasteiger charge is -2.11. The maximum Gasteiger partial charge on any atom is 0.319 e. The van der Waals surface area contributed by atoms with Gasteiger partial charge < -0.3 is 20.1 Å². The first-order valence-corrected chi connectivity index (χ1v) is 11.2. The number of sulfonamides is 1. The Morgan fingerprint density at radius 3 is 2.53 bits per heavy atom. The van der Waals surface area contributed by atoms with Crippen LogP contribution in [-0.2, 0) is 21.3 Å². The Balaban J connectivity index is 1.57. The number of ether oxygens (including phenoxy) is 2. The number of amides is 2. The van der Waals surface area contributed by atoms with Crippen LogP contribution >= 0.6 is 0 Å². The number of urea groups is 1. The summed E-state index contributed by atoms with van der Waals surface area (Å²) in [6.45, 7) is 1.11. The second-order valence-corrected chi connectivity index (χ2v) is 8.35. The van der Waals surface area contributed by atoms with E-state index in [-0.39, 0.29) is 4.90 Å². The van der Waals surface area contributed by atoms with Crippen LogP contribution in [0.25, 0.3) is 0 Å². The molecule has 10 heteroatoms. The molecule has 0 aliphatic heterocycles. The maximum atomic E-state index is 12.7. The molecule has 0 atom stereocenters. The average Bonchev–Trinajstić information content (AvgIpc) is 2.79. The Kier molecular flexibility index (Phi) is 8.01. The van der Waals surface area contributed by atoms with Crippen LogP contribution in [0.15, 0.2) is 78.0 Å². The van der Waals surface area contributed by atoms with Crippen LogP contribution in [0.4, 0.5) is 16.2 Å². The second kappa shape index (κ2) is 11.1. The number of aromatic nitrogens is 1. The van der Waals surface area contributed by atoms with Gasteiger partial charge in [0, 0.05) is 37.8 Å². The normalized spacial score (nSPS) is 10.9. The zero-order valence-corrected chi connectivity index (χ0v) is 18.3. The van der Waals surface area contributed by atoms with Gasteiger partial charge in [0.25, 0.3) is 10.0 Å². The third-order valence-corrected chi connectivity index (χ3v) is 5.64. The lowest BCUT2D eigenvalue weighted by Crippen LogP contribution is -2.28. The molecular formula is C22H24N4O5S. The summed E-state index contributed by atoms with van der Waals surface area (Å²) >= 11 is 0. The molecule has 2 aromatic carbocycles. The van der Waals surface area contributed by atoms with Crippen molar-refractivity contribution in [1.82, 2.24) is 10.3 Å². The minimum absolute atomic E-state index is 0.0597. The molecular weight excluding hydrogens is 432 g/mol. The van der Waals surface area contributed by atoms with E-state index in [1.807, 2.05) is 6.07 Å². The van der Waals surface area contributed by atoms with Gasteiger partial charge in [0.05, 0.1) is 17.2 Å². The van der Waals surface area contributed by atoms with Crippen LogP contribution in [0.1, 0.15) is 5.56 Å². The van der Waals surface area contributed by atoms with Crippen molar-refractivity contribution in [2.24, 2.45) is 0 Å². The van der Waals surface area contributed by atoms with Gasteiger partial charge in [0.1, 0.15) is 12.4 Å². The standard InChI is InChI=1S/C22H24N4O5S/c1-30-12-13-31-20-6-2-5-19(14-20)26-32(28,29)21-9-7-18(8-10-21)25-22(27)24-16-17-4-3-11-23-15-17/h2-11,14-15,26H,12-13,16H2,1H3,(H2,24,25,27). The molecule has 0 radical (unpaired) electrons. The Morgan fingerprint density at radius 1 is 1.00 bits per heavy atom. The highest BCUT2D eigenvalue weighted by molar-refractivity contribution is 7.92. The van der Waals surface area contributed by atoms with Crippen LogP contribution < -0.4 is 20.1 Å². The predicted molar refractivity (Wildman–Crippen MR) is 121 cm³/mol. The van der Waals surface area contributed by atoms with Crippen LogP contribution in [-0.4, -0.2) is 39.8 Å². The number of benzene rings is 2. The van der Waals surface area contributed by atoms with Crippen molar-refractivity contribution in [2.45, 2.75) is 11.4 Å². The van der Waals surface area contributed by atoms with Gasteiger partial charge in [-0.2, -0.15) is 0 Å². The number of hydrogen-bond donors (Lipinski definition) is 3. The molecule has 3 rings (SSSR count). The summed E-state index contributed by atoms with van der Waals surface area (Å²) in [5.74, 6) is 0.527. The Morgan fingerprint density at radius 2 is 1.81 bits per heavy atom. The van der Waals surface area contributed by atoms with Crippen LogP contribution in [0.3, 0.4) is 0 Å². The number of hydrogen-bond acceptors (Lipinski definition) is 6. The van der Waals surface area contributed by atoms with Crippen LogP contribution in [0.5, 0.6) is 5.75 Å². The summed E-state index contributed by atoms with van der Waals surface area (Å²) in [6.07, 6.45) is 3.32. The fourth-order valence-corrected chi connectivity index (χ4v) is 3.73. The molecule has 0 aliphatic rings. The molecule has 0 spiro atoms. The van der Waals surface area contributed by atoms with E-state index in [1.165, 1.54) is 24.3 Å². The third-order valence-electron chi connectivity index (χ3n) is 4.24. The number of pyridine rings is 1. The summed E-state index contributed by atoms with van der Waals surface area (Å²) in [7, 11) is -2.24. The van der Waals surface area contributed by atoms with E-state index in [4.69, 9.17) is 9.47 Å². The first-order chi connectivity index (χ1) is 15.5. The SMILES string of the molecule is COCCOc1cccc(NS(=O)(=O)c2ccc(NC(=O)NCc3cccnc3)cc2)c1. The summed E-state index contributed by atoms with van der Waals surface area (Å²) in [6, 6.07) is 15.7. The Labute approximate surface area is 186 Å². The number of rotatable bonds is 10. The van der Waals surface area contributed by atoms with Crippen molar-refractivity contribution in [1.29, 1.82) is 0 Å². The van der Waals surface area contributed by atoms with Crippen LogP contribution in [0, 0.1) is 0 Å². The first-order valence-electron chi connectivity index (χ1n) is 9.75. The molecule has 1 aromatic heterocycles. The largest absolute Gasteiger partial charge is 0.491 e. The molecule has 0 saturated heterocycles. The van der Waals surface area contributed by atoms with Crippen molar-refractivity contribution in [3.63, 3.8) is 0 Å². The van der Waals surface area contributed by atoms with E-state index >= 15 is 0 Å². The second-order valence-electron chi connectivity index (χ2n) is 6.67. The minimum Gasteiger partial charge on any atom is -0.491 e.